The summed E-state index contributed by atoms with van der Waals surface area (Å²) in [5, 5.41) is 13.2. The zero-order valence-electron chi connectivity index (χ0n) is 13.3. The number of anilines is 1. The van der Waals surface area contributed by atoms with Crippen LogP contribution < -0.4 is 5.32 Å². The number of aliphatic hydroxyl groups is 1. The molecule has 0 radical (unpaired) electrons. The van der Waals surface area contributed by atoms with Gasteiger partial charge in [0.2, 0.25) is 0 Å². The van der Waals surface area contributed by atoms with Crippen molar-refractivity contribution in [1.82, 2.24) is 9.88 Å². The molecule has 2 aromatic rings. The van der Waals surface area contributed by atoms with Gasteiger partial charge in [-0.15, -0.1) is 11.3 Å². The Labute approximate surface area is 140 Å². The number of likely N-dealkylation sites (tertiary alicyclic amines) is 1. The number of nitrogens with zero attached hydrogens (tertiary/aromatic N) is 2. The fourth-order valence-corrected chi connectivity index (χ4v) is 3.58. The third-order valence-corrected chi connectivity index (χ3v) is 5.48. The van der Waals surface area contributed by atoms with Crippen LogP contribution in [-0.4, -0.2) is 40.7 Å². The topological polar surface area (TPSA) is 65.5 Å². The van der Waals surface area contributed by atoms with Crippen molar-refractivity contribution >= 4 is 22.5 Å². The normalized spacial score (nSPS) is 16.3. The quantitative estimate of drug-likeness (QED) is 0.905. The van der Waals surface area contributed by atoms with Gasteiger partial charge in [0.25, 0.3) is 0 Å². The minimum Gasteiger partial charge on any atom is -0.395 e. The third-order valence-electron chi connectivity index (χ3n) is 4.27. The fraction of sp³-hybridized carbons (Fsp3) is 0.412. The predicted octanol–water partition coefficient (Wildman–Crippen LogP) is 3.04. The molecule has 1 aromatic carbocycles. The Morgan fingerprint density at radius 1 is 1.39 bits per heavy atom. The van der Waals surface area contributed by atoms with E-state index in [4.69, 9.17) is 0 Å². The highest BCUT2D eigenvalue weighted by Crippen LogP contribution is 2.35. The number of rotatable bonds is 4. The van der Waals surface area contributed by atoms with Crippen molar-refractivity contribution in [2.24, 2.45) is 0 Å². The van der Waals surface area contributed by atoms with E-state index in [1.54, 1.807) is 4.90 Å². The first-order chi connectivity index (χ1) is 11.0. The minimum absolute atomic E-state index is 0.0372. The number of aliphatic hydroxyl groups excluding tert-OH is 1. The summed E-state index contributed by atoms with van der Waals surface area (Å²) in [7, 11) is 0. The maximum Gasteiger partial charge on any atom is 0.323 e. The van der Waals surface area contributed by atoms with Crippen LogP contribution in [0.5, 0.6) is 0 Å². The van der Waals surface area contributed by atoms with Crippen LogP contribution in [0.4, 0.5) is 9.93 Å². The van der Waals surface area contributed by atoms with E-state index in [0.29, 0.717) is 24.1 Å². The van der Waals surface area contributed by atoms with Crippen LogP contribution in [-0.2, 0) is 5.41 Å². The van der Waals surface area contributed by atoms with Crippen LogP contribution in [0.3, 0.4) is 0 Å². The molecule has 2 N–H and O–H groups in total. The summed E-state index contributed by atoms with van der Waals surface area (Å²) in [6, 6.07) is 9.71. The zero-order valence-corrected chi connectivity index (χ0v) is 14.1. The highest BCUT2D eigenvalue weighted by atomic mass is 32.1. The number of amides is 2. The Kier molecular flexibility index (Phi) is 4.37. The van der Waals surface area contributed by atoms with E-state index in [2.05, 4.69) is 24.1 Å². The van der Waals surface area contributed by atoms with Gasteiger partial charge in [0.1, 0.15) is 0 Å². The second-order valence-electron chi connectivity index (χ2n) is 6.31. The van der Waals surface area contributed by atoms with Crippen LogP contribution in [0.25, 0.3) is 0 Å². The van der Waals surface area contributed by atoms with Gasteiger partial charge in [0.15, 0.2) is 5.13 Å². The number of hydrogen-bond donors (Lipinski definition) is 2. The molecular weight excluding hydrogens is 310 g/mol. The number of nitrogens with one attached hydrogen (secondary N) is 1. The van der Waals surface area contributed by atoms with Gasteiger partial charge in [-0.25, -0.2) is 9.78 Å². The maximum atomic E-state index is 12.3. The molecule has 2 heterocycles. The summed E-state index contributed by atoms with van der Waals surface area (Å²) in [5.41, 5.74) is 0.729. The molecule has 3 rings (SSSR count). The number of benzene rings is 1. The first kappa shape index (κ1) is 16.0. The lowest BCUT2D eigenvalue weighted by Crippen LogP contribution is -2.63. The lowest BCUT2D eigenvalue weighted by atomic mass is 9.74. The van der Waals surface area contributed by atoms with E-state index in [1.807, 2.05) is 36.5 Å². The largest absolute Gasteiger partial charge is 0.395 e. The number of carbonyl (C=O) groups excluding carboxylic acids is 1. The van der Waals surface area contributed by atoms with Gasteiger partial charge in [-0.05, 0) is 11.5 Å². The summed E-state index contributed by atoms with van der Waals surface area (Å²) in [4.78, 5) is 19.4. The summed E-state index contributed by atoms with van der Waals surface area (Å²) in [6.07, 6.45) is 1.81. The monoisotopic (exact) mass is 331 g/mol. The SMILES string of the molecule is CC(C)c1cnc(NC(=O)N2CC(CO)(c3ccccc3)C2)s1. The smallest absolute Gasteiger partial charge is 0.323 e. The molecule has 23 heavy (non-hydrogen) atoms. The maximum absolute atomic E-state index is 12.3. The van der Waals surface area contributed by atoms with E-state index >= 15 is 0 Å². The van der Waals surface area contributed by atoms with E-state index in [-0.39, 0.29) is 18.1 Å². The van der Waals surface area contributed by atoms with Crippen molar-refractivity contribution < 1.29 is 9.90 Å². The highest BCUT2D eigenvalue weighted by Gasteiger charge is 2.46. The Morgan fingerprint density at radius 3 is 2.65 bits per heavy atom. The van der Waals surface area contributed by atoms with E-state index in [0.717, 1.165) is 10.4 Å². The number of thiazole rings is 1. The molecule has 0 unspecified atom stereocenters. The van der Waals surface area contributed by atoms with Crippen molar-refractivity contribution in [3.63, 3.8) is 0 Å². The number of hydrogen-bond acceptors (Lipinski definition) is 4. The number of carbonyl (C=O) groups is 1. The second-order valence-corrected chi connectivity index (χ2v) is 7.38. The van der Waals surface area contributed by atoms with Crippen LogP contribution >= 0.6 is 11.3 Å². The first-order valence-electron chi connectivity index (χ1n) is 7.72. The summed E-state index contributed by atoms with van der Waals surface area (Å²) in [5.74, 6) is 0.405. The van der Waals surface area contributed by atoms with E-state index < -0.39 is 0 Å². The minimum atomic E-state index is -0.343. The lowest BCUT2D eigenvalue weighted by Gasteiger charge is -2.49. The van der Waals surface area contributed by atoms with Crippen molar-refractivity contribution in [1.29, 1.82) is 0 Å². The standard InChI is InChI=1S/C17H21N3O2S/c1-12(2)14-8-18-15(23-14)19-16(22)20-9-17(10-20,11-21)13-6-4-3-5-7-13/h3-8,12,21H,9-11H2,1-2H3,(H,18,19,22). The Morgan fingerprint density at radius 2 is 2.09 bits per heavy atom. The molecular formula is C17H21N3O2S. The van der Waals surface area contributed by atoms with Gasteiger partial charge in [-0.1, -0.05) is 44.2 Å². The van der Waals surface area contributed by atoms with Gasteiger partial charge in [-0.2, -0.15) is 0 Å². The van der Waals surface area contributed by atoms with Gasteiger partial charge >= 0.3 is 6.03 Å². The van der Waals surface area contributed by atoms with Crippen LogP contribution in [0, 0.1) is 0 Å². The molecule has 0 saturated carbocycles. The van der Waals surface area contributed by atoms with Crippen molar-refractivity contribution in [3.8, 4) is 0 Å². The molecule has 0 spiro atoms. The molecule has 1 fully saturated rings. The Bertz CT molecular complexity index is 678. The number of urea groups is 1. The van der Waals surface area contributed by atoms with Crippen molar-refractivity contribution in [2.75, 3.05) is 25.0 Å². The molecule has 122 valence electrons. The molecule has 1 aromatic heterocycles. The summed E-state index contributed by atoms with van der Waals surface area (Å²) < 4.78 is 0. The molecule has 2 amide bonds. The van der Waals surface area contributed by atoms with Crippen molar-refractivity contribution in [2.45, 2.75) is 25.2 Å². The van der Waals surface area contributed by atoms with Crippen molar-refractivity contribution in [3.05, 3.63) is 47.0 Å². The molecule has 0 atom stereocenters. The summed E-state index contributed by atoms with van der Waals surface area (Å²) in [6.45, 7) is 5.27. The average molecular weight is 331 g/mol. The summed E-state index contributed by atoms with van der Waals surface area (Å²) >= 11 is 1.50. The predicted molar refractivity (Wildman–Crippen MR) is 92.0 cm³/mol. The van der Waals surface area contributed by atoms with Gasteiger partial charge in [0, 0.05) is 24.2 Å². The van der Waals surface area contributed by atoms with Crippen LogP contribution in [0.2, 0.25) is 0 Å². The lowest BCUT2D eigenvalue weighted by molar-refractivity contribution is 0.0501. The number of aromatic nitrogens is 1. The van der Waals surface area contributed by atoms with Gasteiger partial charge < -0.3 is 10.0 Å². The van der Waals surface area contributed by atoms with E-state index in [1.165, 1.54) is 11.3 Å². The molecule has 1 saturated heterocycles. The van der Waals surface area contributed by atoms with Gasteiger partial charge in [-0.3, -0.25) is 5.32 Å². The Balaban J connectivity index is 1.62. The molecule has 1 aliphatic rings. The third kappa shape index (κ3) is 3.09. The molecule has 0 bridgehead atoms. The Hall–Kier alpha value is -1.92. The zero-order chi connectivity index (χ0) is 16.4. The fourth-order valence-electron chi connectivity index (χ4n) is 2.78. The van der Waals surface area contributed by atoms with E-state index in [9.17, 15) is 9.90 Å². The highest BCUT2D eigenvalue weighted by molar-refractivity contribution is 7.15. The van der Waals surface area contributed by atoms with Crippen LogP contribution in [0.1, 0.15) is 30.2 Å². The molecule has 5 nitrogen and oxygen atoms in total. The van der Waals surface area contributed by atoms with Gasteiger partial charge in [0.05, 0.1) is 12.0 Å². The van der Waals surface area contributed by atoms with Crippen LogP contribution in [0.15, 0.2) is 36.5 Å². The molecule has 1 aliphatic heterocycles. The second kappa shape index (κ2) is 6.29. The first-order valence-corrected chi connectivity index (χ1v) is 8.54. The molecule has 0 aliphatic carbocycles. The average Bonchev–Trinajstić information content (AvgIpc) is 2.96. The molecule has 6 heteroatoms.